The Morgan fingerprint density at radius 3 is 2.56 bits per heavy atom. The summed E-state index contributed by atoms with van der Waals surface area (Å²) in [5.41, 5.74) is -1.40. The van der Waals surface area contributed by atoms with E-state index in [1.54, 1.807) is 27.1 Å². The minimum Gasteiger partial charge on any atom is -0.491 e. The van der Waals surface area contributed by atoms with Crippen molar-refractivity contribution in [2.75, 3.05) is 27.7 Å². The van der Waals surface area contributed by atoms with Crippen molar-refractivity contribution in [3.05, 3.63) is 36.2 Å². The van der Waals surface area contributed by atoms with E-state index in [9.17, 15) is 32.0 Å². The summed E-state index contributed by atoms with van der Waals surface area (Å²) < 4.78 is 60.0. The highest BCUT2D eigenvalue weighted by Crippen LogP contribution is 2.47. The van der Waals surface area contributed by atoms with E-state index in [0.29, 0.717) is 37.5 Å². The van der Waals surface area contributed by atoms with Crippen molar-refractivity contribution in [2.24, 2.45) is 5.92 Å². The maximum absolute atomic E-state index is 14.8. The van der Waals surface area contributed by atoms with Crippen LogP contribution in [0.15, 0.2) is 30.4 Å². The number of sulfonamides is 1. The minimum absolute atomic E-state index is 0.0248. The molecule has 0 bridgehead atoms. The molecule has 3 fully saturated rings. The first-order valence-corrected chi connectivity index (χ1v) is 20.3. The van der Waals surface area contributed by atoms with Crippen LogP contribution >= 0.6 is 0 Å². The van der Waals surface area contributed by atoms with Crippen molar-refractivity contribution in [1.82, 2.24) is 30.1 Å². The zero-order chi connectivity index (χ0) is 39.9. The second kappa shape index (κ2) is 15.5. The highest BCUT2D eigenvalue weighted by atomic mass is 32.2. The van der Waals surface area contributed by atoms with Crippen molar-refractivity contribution >= 4 is 44.7 Å². The standard InChI is InChI=1S/C38H51FN6O9S/c1-22(2)53-30-19-29(25-14-15-26(39)32(52-6)31(25)41-30)54-24-18-28-33(46)42-38(35(48)43-55(50,51)37(3)16-17-37)20-23(38)12-10-8-7-9-11-13-27(34(47)45(28)21-24)40-36(49)44(4)5/h10,12,14-15,19,22-24,27-28H,7-9,11,13,16-18,20-21H2,1-6H3,(H,40,49)(H,42,46)(H,43,48)/b12-10-/t23?,24-,27+,28+,38-/m1/s1. The Morgan fingerprint density at radius 1 is 1.15 bits per heavy atom. The molecule has 1 saturated heterocycles. The molecule has 0 radical (unpaired) electrons. The van der Waals surface area contributed by atoms with E-state index in [1.807, 2.05) is 26.0 Å². The molecule has 1 unspecified atom stereocenters. The Balaban J connectivity index is 1.36. The number of nitrogens with zero attached hydrogens (tertiary/aromatic N) is 3. The van der Waals surface area contributed by atoms with Crippen LogP contribution in [0.4, 0.5) is 9.18 Å². The molecule has 6 rings (SSSR count). The fourth-order valence-corrected chi connectivity index (χ4v) is 8.50. The van der Waals surface area contributed by atoms with Gasteiger partial charge in [-0.05, 0) is 71.4 Å². The molecule has 5 amide bonds. The number of amides is 5. The molecule has 2 aliphatic carbocycles. The second-order valence-electron chi connectivity index (χ2n) is 15.7. The summed E-state index contributed by atoms with van der Waals surface area (Å²) in [6.45, 7) is 5.11. The van der Waals surface area contributed by atoms with Gasteiger partial charge in [0.1, 0.15) is 35.0 Å². The first-order valence-electron chi connectivity index (χ1n) is 18.8. The van der Waals surface area contributed by atoms with E-state index in [1.165, 1.54) is 29.0 Å². The lowest BCUT2D eigenvalue weighted by atomic mass is 10.0. The van der Waals surface area contributed by atoms with E-state index in [0.717, 1.165) is 12.8 Å². The number of aromatic nitrogens is 1. The number of urea groups is 1. The molecule has 0 spiro atoms. The summed E-state index contributed by atoms with van der Waals surface area (Å²) in [5, 5.41) is 6.08. The number of allylic oxidation sites excluding steroid dienone is 1. The topological polar surface area (TPSA) is 186 Å². The number of halogens is 1. The van der Waals surface area contributed by atoms with Crippen LogP contribution in [0.2, 0.25) is 0 Å². The monoisotopic (exact) mass is 786 g/mol. The highest BCUT2D eigenvalue weighted by Gasteiger charge is 2.63. The molecule has 2 aliphatic heterocycles. The quantitative estimate of drug-likeness (QED) is 0.318. The van der Waals surface area contributed by atoms with Crippen LogP contribution < -0.4 is 29.6 Å². The molecule has 17 heteroatoms. The molecule has 3 heterocycles. The molecular weight excluding hydrogens is 736 g/mol. The molecule has 3 N–H and O–H groups in total. The molecule has 2 aromatic rings. The van der Waals surface area contributed by atoms with Gasteiger partial charge in [0, 0.05) is 37.9 Å². The van der Waals surface area contributed by atoms with Gasteiger partial charge in [0.25, 0.3) is 5.91 Å². The van der Waals surface area contributed by atoms with Crippen molar-refractivity contribution in [1.29, 1.82) is 0 Å². The smallest absolute Gasteiger partial charge is 0.317 e. The van der Waals surface area contributed by atoms with Gasteiger partial charge >= 0.3 is 6.03 Å². The summed E-state index contributed by atoms with van der Waals surface area (Å²) in [7, 11) is 0.432. The molecule has 55 heavy (non-hydrogen) atoms. The van der Waals surface area contributed by atoms with Crippen molar-refractivity contribution in [2.45, 2.75) is 113 Å². The summed E-state index contributed by atoms with van der Waals surface area (Å²) in [6.07, 6.45) is 6.84. The van der Waals surface area contributed by atoms with E-state index in [2.05, 4.69) is 20.3 Å². The van der Waals surface area contributed by atoms with Crippen LogP contribution in [0.25, 0.3) is 10.9 Å². The summed E-state index contributed by atoms with van der Waals surface area (Å²) in [4.78, 5) is 62.8. The Morgan fingerprint density at radius 2 is 1.89 bits per heavy atom. The lowest BCUT2D eigenvalue weighted by Gasteiger charge is -2.30. The van der Waals surface area contributed by atoms with Crippen LogP contribution in [0.3, 0.4) is 0 Å². The molecule has 2 saturated carbocycles. The normalized spacial score (nSPS) is 27.1. The SMILES string of the molecule is COc1c(F)ccc2c(O[C@@H]3C[C@H]4C(=O)N[C@]5(C(=O)NS(=O)(=O)C6(C)CC6)CC5/C=C\CCCCC[C@H](NC(=O)N(C)C)C(=O)N4C3)cc(OC(C)C)nc12. The van der Waals surface area contributed by atoms with Crippen LogP contribution in [0.5, 0.6) is 17.4 Å². The first-order chi connectivity index (χ1) is 26.0. The number of ether oxygens (including phenoxy) is 3. The van der Waals surface area contributed by atoms with E-state index in [-0.39, 0.29) is 48.4 Å². The number of methoxy groups -OCH3 is 1. The minimum atomic E-state index is -4.01. The molecule has 5 atom stereocenters. The number of benzene rings is 1. The Labute approximate surface area is 320 Å². The van der Waals surface area contributed by atoms with E-state index < -0.39 is 74.0 Å². The van der Waals surface area contributed by atoms with Crippen LogP contribution in [-0.4, -0.2) is 109 Å². The van der Waals surface area contributed by atoms with E-state index in [4.69, 9.17) is 14.2 Å². The van der Waals surface area contributed by atoms with Gasteiger partial charge in [-0.3, -0.25) is 19.1 Å². The predicted octanol–water partition coefficient (Wildman–Crippen LogP) is 3.55. The molecule has 15 nitrogen and oxygen atoms in total. The molecule has 1 aromatic carbocycles. The Kier molecular flexibility index (Phi) is 11.2. The average Bonchev–Trinajstić information content (AvgIpc) is 3.99. The number of hydrogen-bond acceptors (Lipinski definition) is 10. The van der Waals surface area contributed by atoms with Gasteiger partial charge in [-0.1, -0.05) is 25.0 Å². The number of hydrogen-bond donors (Lipinski definition) is 3. The fraction of sp³-hybridized carbons (Fsp3) is 0.605. The maximum atomic E-state index is 14.8. The van der Waals surface area contributed by atoms with Gasteiger partial charge in [0.15, 0.2) is 11.6 Å². The van der Waals surface area contributed by atoms with Crippen LogP contribution in [0.1, 0.15) is 78.6 Å². The fourth-order valence-electron chi connectivity index (χ4n) is 7.19. The lowest BCUT2D eigenvalue weighted by Crippen LogP contribution is -2.59. The van der Waals surface area contributed by atoms with Crippen LogP contribution in [0, 0.1) is 11.7 Å². The predicted molar refractivity (Wildman–Crippen MR) is 200 cm³/mol. The number of rotatable bonds is 9. The molecule has 300 valence electrons. The molecular formula is C38H51FN6O9S. The third kappa shape index (κ3) is 8.31. The Hall–Kier alpha value is -4.67. The Bertz CT molecular complexity index is 1990. The summed E-state index contributed by atoms with van der Waals surface area (Å²) in [6, 6.07) is 1.66. The first kappa shape index (κ1) is 40.0. The van der Waals surface area contributed by atoms with Crippen molar-refractivity contribution in [3.63, 3.8) is 0 Å². The molecule has 1 aromatic heterocycles. The van der Waals surface area contributed by atoms with Gasteiger partial charge in [-0.25, -0.2) is 22.6 Å². The zero-order valence-electron chi connectivity index (χ0n) is 32.1. The number of pyridine rings is 1. The van der Waals surface area contributed by atoms with Gasteiger partial charge in [-0.2, -0.15) is 0 Å². The van der Waals surface area contributed by atoms with Crippen molar-refractivity contribution in [3.8, 4) is 17.4 Å². The van der Waals surface area contributed by atoms with Gasteiger partial charge in [-0.15, -0.1) is 0 Å². The van der Waals surface area contributed by atoms with Crippen LogP contribution in [-0.2, 0) is 24.4 Å². The number of fused-ring (bicyclic) bond motifs is 3. The van der Waals surface area contributed by atoms with Crippen molar-refractivity contribution < 1.29 is 46.2 Å². The van der Waals surface area contributed by atoms with Gasteiger partial charge < -0.3 is 34.6 Å². The highest BCUT2D eigenvalue weighted by molar-refractivity contribution is 7.91. The third-order valence-corrected chi connectivity index (χ3v) is 13.0. The number of nitrogens with one attached hydrogen (secondary N) is 3. The lowest BCUT2D eigenvalue weighted by molar-refractivity contribution is -0.141. The van der Waals surface area contributed by atoms with Gasteiger partial charge in [0.05, 0.1) is 24.5 Å². The molecule has 4 aliphatic rings. The maximum Gasteiger partial charge on any atom is 0.317 e. The zero-order valence-corrected chi connectivity index (χ0v) is 33.0. The second-order valence-corrected chi connectivity index (χ2v) is 17.9. The number of carbonyl (C=O) groups is 4. The van der Waals surface area contributed by atoms with Gasteiger partial charge in [0.2, 0.25) is 27.7 Å². The third-order valence-electron chi connectivity index (χ3n) is 10.9. The summed E-state index contributed by atoms with van der Waals surface area (Å²) in [5.74, 6) is -2.82. The largest absolute Gasteiger partial charge is 0.491 e. The average molecular weight is 787 g/mol. The number of carbonyl (C=O) groups excluding carboxylic acids is 4. The summed E-state index contributed by atoms with van der Waals surface area (Å²) >= 11 is 0. The van der Waals surface area contributed by atoms with E-state index >= 15 is 0 Å².